The molecular formula is C30H34Cl3N3O4S. The van der Waals surface area contributed by atoms with Gasteiger partial charge in [-0.2, -0.15) is 0 Å². The van der Waals surface area contributed by atoms with Crippen LogP contribution < -0.4 is 9.62 Å². The Morgan fingerprint density at radius 1 is 0.927 bits per heavy atom. The van der Waals surface area contributed by atoms with Crippen LogP contribution in [0.25, 0.3) is 0 Å². The Bertz CT molecular complexity index is 1480. The van der Waals surface area contributed by atoms with Crippen molar-refractivity contribution in [2.75, 3.05) is 17.4 Å². The summed E-state index contributed by atoms with van der Waals surface area (Å²) in [6.45, 7) is 7.30. The molecule has 0 spiro atoms. The van der Waals surface area contributed by atoms with Crippen LogP contribution in [0.3, 0.4) is 0 Å². The molecule has 0 saturated heterocycles. The fourth-order valence-electron chi connectivity index (χ4n) is 4.26. The maximum absolute atomic E-state index is 14.2. The highest BCUT2D eigenvalue weighted by molar-refractivity contribution is 7.92. The second-order valence-electron chi connectivity index (χ2n) is 10.1. The number of aryl methyl sites for hydroxylation is 1. The maximum Gasteiger partial charge on any atom is 0.264 e. The van der Waals surface area contributed by atoms with Gasteiger partial charge in [0.05, 0.1) is 10.6 Å². The standard InChI is InChI=1S/C30H34Cl3N3O4S/c1-5-27(30(38)34-17-20(2)3)35(18-22-12-14-23(31)15-26(22)33)29(37)19-36(28-16-24(32)13-11-21(28)4)41(39,40)25-9-7-6-8-10-25/h6-16,20,27H,5,17-19H2,1-4H3,(H,34,38)/t27-/m1/s1. The lowest BCUT2D eigenvalue weighted by Gasteiger charge is -2.34. The summed E-state index contributed by atoms with van der Waals surface area (Å²) in [5.74, 6) is -0.721. The second-order valence-corrected chi connectivity index (χ2v) is 13.2. The molecule has 0 aromatic heterocycles. The molecule has 0 fully saturated rings. The minimum absolute atomic E-state index is 0.0150. The molecule has 7 nitrogen and oxygen atoms in total. The monoisotopic (exact) mass is 637 g/mol. The summed E-state index contributed by atoms with van der Waals surface area (Å²) in [5, 5.41) is 3.97. The van der Waals surface area contributed by atoms with Gasteiger partial charge in [0.2, 0.25) is 11.8 Å². The summed E-state index contributed by atoms with van der Waals surface area (Å²) in [6.07, 6.45) is 0.294. The minimum Gasteiger partial charge on any atom is -0.354 e. The molecule has 0 radical (unpaired) electrons. The van der Waals surface area contributed by atoms with Crippen LogP contribution in [0.1, 0.15) is 38.3 Å². The van der Waals surface area contributed by atoms with E-state index in [9.17, 15) is 18.0 Å². The van der Waals surface area contributed by atoms with Gasteiger partial charge in [-0.1, -0.05) is 85.9 Å². The number of sulfonamides is 1. The van der Waals surface area contributed by atoms with Gasteiger partial charge in [0.15, 0.2) is 0 Å². The third-order valence-corrected chi connectivity index (χ3v) is 9.07. The lowest BCUT2D eigenvalue weighted by atomic mass is 10.1. The summed E-state index contributed by atoms with van der Waals surface area (Å²) in [7, 11) is -4.20. The smallest absolute Gasteiger partial charge is 0.264 e. The van der Waals surface area contributed by atoms with E-state index in [4.69, 9.17) is 34.8 Å². The van der Waals surface area contributed by atoms with Crippen LogP contribution >= 0.6 is 34.8 Å². The lowest BCUT2D eigenvalue weighted by molar-refractivity contribution is -0.140. The van der Waals surface area contributed by atoms with E-state index in [1.807, 2.05) is 13.8 Å². The molecule has 0 unspecified atom stereocenters. The molecule has 0 aliphatic carbocycles. The van der Waals surface area contributed by atoms with Gasteiger partial charge >= 0.3 is 0 Å². The molecule has 0 aliphatic heterocycles. The van der Waals surface area contributed by atoms with E-state index in [1.165, 1.54) is 23.1 Å². The zero-order valence-corrected chi connectivity index (χ0v) is 26.5. The average molecular weight is 639 g/mol. The van der Waals surface area contributed by atoms with Crippen molar-refractivity contribution in [1.82, 2.24) is 10.2 Å². The quantitative estimate of drug-likeness (QED) is 0.238. The summed E-state index contributed by atoms with van der Waals surface area (Å²) in [5.41, 5.74) is 1.43. The second kappa shape index (κ2) is 14.4. The highest BCUT2D eigenvalue weighted by Gasteiger charge is 2.34. The number of rotatable bonds is 12. The van der Waals surface area contributed by atoms with Crippen molar-refractivity contribution in [1.29, 1.82) is 0 Å². The van der Waals surface area contributed by atoms with E-state index < -0.39 is 28.5 Å². The van der Waals surface area contributed by atoms with Gasteiger partial charge in [0, 0.05) is 28.2 Å². The topological polar surface area (TPSA) is 86.8 Å². The number of benzene rings is 3. The zero-order valence-electron chi connectivity index (χ0n) is 23.4. The van der Waals surface area contributed by atoms with Crippen molar-refractivity contribution < 1.29 is 18.0 Å². The molecule has 11 heteroatoms. The van der Waals surface area contributed by atoms with Crippen molar-refractivity contribution in [2.45, 2.75) is 51.6 Å². The Hall–Kier alpha value is -2.78. The number of anilines is 1. The highest BCUT2D eigenvalue weighted by Crippen LogP contribution is 2.30. The van der Waals surface area contributed by atoms with Gasteiger partial charge in [-0.15, -0.1) is 0 Å². The van der Waals surface area contributed by atoms with Crippen LogP contribution in [0, 0.1) is 12.8 Å². The fraction of sp³-hybridized carbons (Fsp3) is 0.333. The molecule has 0 saturated carbocycles. The largest absolute Gasteiger partial charge is 0.354 e. The van der Waals surface area contributed by atoms with Gasteiger partial charge in [-0.3, -0.25) is 13.9 Å². The Morgan fingerprint density at radius 3 is 2.17 bits per heavy atom. The summed E-state index contributed by atoms with van der Waals surface area (Å²) in [6, 6.07) is 16.7. The van der Waals surface area contributed by atoms with E-state index >= 15 is 0 Å². The fourth-order valence-corrected chi connectivity index (χ4v) is 6.39. The van der Waals surface area contributed by atoms with Crippen molar-refractivity contribution in [2.24, 2.45) is 5.92 Å². The van der Waals surface area contributed by atoms with Gasteiger partial charge in [0.25, 0.3) is 10.0 Å². The van der Waals surface area contributed by atoms with Gasteiger partial charge in [0.1, 0.15) is 12.6 Å². The molecule has 3 aromatic rings. The van der Waals surface area contributed by atoms with Crippen molar-refractivity contribution >= 4 is 62.3 Å². The predicted octanol–water partition coefficient (Wildman–Crippen LogP) is 6.73. The number of carbonyl (C=O) groups excluding carboxylic acids is 2. The molecular weight excluding hydrogens is 605 g/mol. The van der Waals surface area contributed by atoms with Crippen LogP contribution in [0.2, 0.25) is 15.1 Å². The van der Waals surface area contributed by atoms with Crippen LogP contribution in [0.5, 0.6) is 0 Å². The van der Waals surface area contributed by atoms with Gasteiger partial charge in [-0.05, 0) is 66.8 Å². The molecule has 3 rings (SSSR count). The number of halogens is 3. The first-order valence-electron chi connectivity index (χ1n) is 13.2. The van der Waals surface area contributed by atoms with Crippen LogP contribution in [0.15, 0.2) is 71.6 Å². The molecule has 1 N–H and O–H groups in total. The molecule has 1 atom stereocenters. The van der Waals surface area contributed by atoms with Crippen molar-refractivity contribution in [3.63, 3.8) is 0 Å². The SMILES string of the molecule is CC[C@H](C(=O)NCC(C)C)N(Cc1ccc(Cl)cc1Cl)C(=O)CN(c1cc(Cl)ccc1C)S(=O)(=O)c1ccccc1. The number of carbonyl (C=O) groups is 2. The minimum atomic E-state index is -4.20. The number of amides is 2. The number of hydrogen-bond acceptors (Lipinski definition) is 4. The van der Waals surface area contributed by atoms with E-state index in [2.05, 4.69) is 5.32 Å². The van der Waals surface area contributed by atoms with E-state index in [1.54, 1.807) is 62.4 Å². The number of nitrogens with zero attached hydrogens (tertiary/aromatic N) is 2. The summed E-state index contributed by atoms with van der Waals surface area (Å²) in [4.78, 5) is 28.9. The zero-order chi connectivity index (χ0) is 30.3. The maximum atomic E-state index is 14.2. The first kappa shape index (κ1) is 32.7. The van der Waals surface area contributed by atoms with E-state index in [0.717, 1.165) is 4.31 Å². The molecule has 2 amide bonds. The molecule has 41 heavy (non-hydrogen) atoms. The third kappa shape index (κ3) is 8.38. The molecule has 3 aromatic carbocycles. The van der Waals surface area contributed by atoms with Crippen LogP contribution in [-0.4, -0.2) is 44.3 Å². The Labute approximate surface area is 257 Å². The Balaban J connectivity index is 2.10. The Kier molecular flexibility index (Phi) is 11.5. The van der Waals surface area contributed by atoms with E-state index in [-0.39, 0.29) is 29.0 Å². The Morgan fingerprint density at radius 2 is 1.56 bits per heavy atom. The van der Waals surface area contributed by atoms with Crippen molar-refractivity contribution in [3.05, 3.63) is 92.9 Å². The average Bonchev–Trinajstić information content (AvgIpc) is 2.93. The molecule has 220 valence electrons. The molecule has 0 aliphatic rings. The molecule has 0 bridgehead atoms. The van der Waals surface area contributed by atoms with Gasteiger partial charge in [-0.25, -0.2) is 8.42 Å². The summed E-state index contributed by atoms with van der Waals surface area (Å²) < 4.78 is 28.9. The first-order chi connectivity index (χ1) is 19.3. The van der Waals surface area contributed by atoms with Crippen LogP contribution in [-0.2, 0) is 26.2 Å². The van der Waals surface area contributed by atoms with Crippen molar-refractivity contribution in [3.8, 4) is 0 Å². The highest BCUT2D eigenvalue weighted by atomic mass is 35.5. The normalized spacial score (nSPS) is 12.2. The lowest BCUT2D eigenvalue weighted by Crippen LogP contribution is -2.52. The predicted molar refractivity (Wildman–Crippen MR) is 166 cm³/mol. The van der Waals surface area contributed by atoms with Gasteiger partial charge < -0.3 is 10.2 Å². The molecule has 0 heterocycles. The summed E-state index contributed by atoms with van der Waals surface area (Å²) >= 11 is 18.8. The van der Waals surface area contributed by atoms with E-state index in [0.29, 0.717) is 39.2 Å². The third-order valence-electron chi connectivity index (χ3n) is 6.48. The number of hydrogen-bond donors (Lipinski definition) is 1. The first-order valence-corrected chi connectivity index (χ1v) is 15.8. The number of nitrogens with one attached hydrogen (secondary N) is 1. The van der Waals surface area contributed by atoms with Crippen LogP contribution in [0.4, 0.5) is 5.69 Å².